The molecular weight excluding hydrogens is 254 g/mol. The molecule has 1 atom stereocenters. The lowest BCUT2D eigenvalue weighted by atomic mass is 9.98. The van der Waals surface area contributed by atoms with Crippen molar-refractivity contribution >= 4 is 11.9 Å². The van der Waals surface area contributed by atoms with E-state index in [-0.39, 0.29) is 12.3 Å². The molecule has 1 aromatic rings. The maximum Gasteiger partial charge on any atom is 0.305 e. The van der Waals surface area contributed by atoms with E-state index in [2.05, 4.69) is 5.32 Å². The molecule has 1 saturated carbocycles. The van der Waals surface area contributed by atoms with Crippen LogP contribution in [0.3, 0.4) is 0 Å². The minimum absolute atomic E-state index is 0.0496. The Morgan fingerprint density at radius 1 is 1.35 bits per heavy atom. The Balaban J connectivity index is 2.00. The predicted molar refractivity (Wildman–Crippen MR) is 76.3 cm³/mol. The molecule has 1 aliphatic rings. The number of carbonyl (C=O) groups excluding carboxylic acids is 1. The Morgan fingerprint density at radius 2 is 2.05 bits per heavy atom. The Labute approximate surface area is 119 Å². The molecule has 0 heterocycles. The molecule has 1 amide bonds. The normalized spacial score (nSPS) is 15.7. The number of benzene rings is 1. The molecule has 4 heteroatoms. The molecule has 1 unspecified atom stereocenters. The molecule has 1 aliphatic carbocycles. The second-order valence-electron chi connectivity index (χ2n) is 5.56. The van der Waals surface area contributed by atoms with Crippen molar-refractivity contribution in [3.8, 4) is 0 Å². The molecule has 20 heavy (non-hydrogen) atoms. The molecule has 0 spiro atoms. The van der Waals surface area contributed by atoms with Crippen LogP contribution < -0.4 is 5.32 Å². The van der Waals surface area contributed by atoms with Crippen LogP contribution in [0.25, 0.3) is 0 Å². The summed E-state index contributed by atoms with van der Waals surface area (Å²) in [7, 11) is 0. The zero-order valence-electron chi connectivity index (χ0n) is 11.8. The summed E-state index contributed by atoms with van der Waals surface area (Å²) in [5.74, 6) is -0.246. The molecule has 108 valence electrons. The van der Waals surface area contributed by atoms with Crippen LogP contribution in [0.5, 0.6) is 0 Å². The number of carboxylic acids is 1. The summed E-state index contributed by atoms with van der Waals surface area (Å²) in [5.41, 5.74) is 1.89. The van der Waals surface area contributed by atoms with Gasteiger partial charge in [0.05, 0.1) is 12.5 Å². The first-order valence-corrected chi connectivity index (χ1v) is 7.13. The molecular formula is C16H21NO3. The van der Waals surface area contributed by atoms with E-state index >= 15 is 0 Å². The van der Waals surface area contributed by atoms with Gasteiger partial charge in [0, 0.05) is 6.42 Å². The van der Waals surface area contributed by atoms with Gasteiger partial charge in [0.2, 0.25) is 5.91 Å². The van der Waals surface area contributed by atoms with E-state index in [0.29, 0.717) is 12.3 Å². The van der Waals surface area contributed by atoms with Gasteiger partial charge in [-0.15, -0.1) is 0 Å². The molecule has 2 N–H and O–H groups in total. The van der Waals surface area contributed by atoms with Gasteiger partial charge in [-0.3, -0.25) is 9.59 Å². The predicted octanol–water partition coefficient (Wildman–Crippen LogP) is 2.82. The van der Waals surface area contributed by atoms with Crippen LogP contribution in [0.1, 0.15) is 49.3 Å². The van der Waals surface area contributed by atoms with Crippen molar-refractivity contribution in [2.45, 2.75) is 45.1 Å². The average molecular weight is 275 g/mol. The topological polar surface area (TPSA) is 66.4 Å². The third kappa shape index (κ3) is 4.37. The van der Waals surface area contributed by atoms with E-state index in [9.17, 15) is 9.59 Å². The van der Waals surface area contributed by atoms with Crippen LogP contribution in [-0.2, 0) is 9.59 Å². The Bertz CT molecular complexity index is 494. The Kier molecular flexibility index (Phi) is 4.77. The van der Waals surface area contributed by atoms with Crippen molar-refractivity contribution in [3.63, 3.8) is 0 Å². The third-order valence-electron chi connectivity index (χ3n) is 3.75. The van der Waals surface area contributed by atoms with Crippen molar-refractivity contribution < 1.29 is 14.7 Å². The van der Waals surface area contributed by atoms with Gasteiger partial charge >= 0.3 is 5.97 Å². The number of hydrogen-bond donors (Lipinski definition) is 2. The number of hydrogen-bond acceptors (Lipinski definition) is 2. The van der Waals surface area contributed by atoms with Gasteiger partial charge in [-0.25, -0.2) is 0 Å². The number of carboxylic acid groups (broad SMARTS) is 1. The van der Waals surface area contributed by atoms with Crippen LogP contribution in [0, 0.1) is 12.8 Å². The fourth-order valence-electron chi connectivity index (χ4n) is 2.40. The second kappa shape index (κ2) is 6.55. The molecule has 1 fully saturated rings. The molecule has 0 bridgehead atoms. The minimum atomic E-state index is -0.902. The summed E-state index contributed by atoms with van der Waals surface area (Å²) in [6, 6.07) is 7.14. The van der Waals surface area contributed by atoms with E-state index in [4.69, 9.17) is 5.11 Å². The van der Waals surface area contributed by atoms with E-state index in [0.717, 1.165) is 17.5 Å². The van der Waals surface area contributed by atoms with Gasteiger partial charge in [-0.05, 0) is 30.4 Å². The quantitative estimate of drug-likeness (QED) is 0.804. The number of carbonyl (C=O) groups is 2. The minimum Gasteiger partial charge on any atom is -0.481 e. The number of amides is 1. The highest BCUT2D eigenvalue weighted by molar-refractivity contribution is 5.77. The van der Waals surface area contributed by atoms with Crippen LogP contribution >= 0.6 is 0 Å². The van der Waals surface area contributed by atoms with Gasteiger partial charge in [0.1, 0.15) is 0 Å². The monoisotopic (exact) mass is 275 g/mol. The fraction of sp³-hybridized carbons (Fsp3) is 0.500. The zero-order chi connectivity index (χ0) is 14.5. The maximum atomic E-state index is 11.9. The van der Waals surface area contributed by atoms with Gasteiger partial charge in [-0.2, -0.15) is 0 Å². The highest BCUT2D eigenvalue weighted by Crippen LogP contribution is 2.33. The van der Waals surface area contributed by atoms with E-state index in [1.807, 2.05) is 31.2 Å². The van der Waals surface area contributed by atoms with E-state index in [1.165, 1.54) is 12.8 Å². The van der Waals surface area contributed by atoms with Crippen LogP contribution in [0.15, 0.2) is 24.3 Å². The summed E-state index contributed by atoms with van der Waals surface area (Å²) in [5, 5.41) is 11.9. The van der Waals surface area contributed by atoms with Crippen LogP contribution in [0.2, 0.25) is 0 Å². The first kappa shape index (κ1) is 14.6. The highest BCUT2D eigenvalue weighted by atomic mass is 16.4. The van der Waals surface area contributed by atoms with Gasteiger partial charge in [0.15, 0.2) is 0 Å². The van der Waals surface area contributed by atoms with Crippen molar-refractivity contribution in [2.75, 3.05) is 0 Å². The molecule has 0 aromatic heterocycles. The molecule has 0 radical (unpaired) electrons. The van der Waals surface area contributed by atoms with E-state index < -0.39 is 12.0 Å². The van der Waals surface area contributed by atoms with Gasteiger partial charge in [0.25, 0.3) is 0 Å². The SMILES string of the molecule is Cc1ccccc1C(CC(=O)O)NC(=O)CCC1CC1. The van der Waals surface area contributed by atoms with Crippen molar-refractivity contribution in [1.29, 1.82) is 0 Å². The maximum absolute atomic E-state index is 11.9. The summed E-state index contributed by atoms with van der Waals surface area (Å²) in [6.45, 7) is 1.93. The molecule has 4 nitrogen and oxygen atoms in total. The zero-order valence-corrected chi connectivity index (χ0v) is 11.8. The number of aliphatic carboxylic acids is 1. The van der Waals surface area contributed by atoms with Gasteiger partial charge < -0.3 is 10.4 Å². The van der Waals surface area contributed by atoms with Crippen molar-refractivity contribution in [2.24, 2.45) is 5.92 Å². The standard InChI is InChI=1S/C16H21NO3/c1-11-4-2-3-5-13(11)14(10-16(19)20)17-15(18)9-8-12-6-7-12/h2-5,12,14H,6-10H2,1H3,(H,17,18)(H,19,20). The number of aryl methyl sites for hydroxylation is 1. The third-order valence-corrected chi connectivity index (χ3v) is 3.75. The molecule has 0 aliphatic heterocycles. The molecule has 1 aromatic carbocycles. The van der Waals surface area contributed by atoms with Gasteiger partial charge in [-0.1, -0.05) is 37.1 Å². The second-order valence-corrected chi connectivity index (χ2v) is 5.56. The largest absolute Gasteiger partial charge is 0.481 e. The smallest absolute Gasteiger partial charge is 0.305 e. The first-order valence-electron chi connectivity index (χ1n) is 7.13. The molecule has 0 saturated heterocycles. The Hall–Kier alpha value is -1.84. The summed E-state index contributed by atoms with van der Waals surface area (Å²) >= 11 is 0. The van der Waals surface area contributed by atoms with Crippen molar-refractivity contribution in [1.82, 2.24) is 5.32 Å². The van der Waals surface area contributed by atoms with Crippen LogP contribution in [-0.4, -0.2) is 17.0 Å². The fourth-order valence-corrected chi connectivity index (χ4v) is 2.40. The lowest BCUT2D eigenvalue weighted by Gasteiger charge is -2.19. The average Bonchev–Trinajstić information content (AvgIpc) is 3.19. The Morgan fingerprint density at radius 3 is 2.65 bits per heavy atom. The lowest BCUT2D eigenvalue weighted by molar-refractivity contribution is -0.137. The van der Waals surface area contributed by atoms with E-state index in [1.54, 1.807) is 0 Å². The highest BCUT2D eigenvalue weighted by Gasteiger charge is 2.24. The van der Waals surface area contributed by atoms with Crippen molar-refractivity contribution in [3.05, 3.63) is 35.4 Å². The first-order chi connectivity index (χ1) is 9.56. The summed E-state index contributed by atoms with van der Waals surface area (Å²) in [6.07, 6.45) is 3.78. The number of nitrogens with one attached hydrogen (secondary N) is 1. The van der Waals surface area contributed by atoms with Crippen LogP contribution in [0.4, 0.5) is 0 Å². The molecule has 2 rings (SSSR count). The summed E-state index contributed by atoms with van der Waals surface area (Å²) in [4.78, 5) is 22.9. The lowest BCUT2D eigenvalue weighted by Crippen LogP contribution is -2.30. The summed E-state index contributed by atoms with van der Waals surface area (Å²) < 4.78 is 0. The number of rotatable bonds is 7.